The van der Waals surface area contributed by atoms with Crippen LogP contribution in [0.2, 0.25) is 0 Å². The van der Waals surface area contributed by atoms with Crippen LogP contribution in [0.25, 0.3) is 0 Å². The maximum absolute atomic E-state index is 10.7. The van der Waals surface area contributed by atoms with Gasteiger partial charge in [-0.2, -0.15) is 0 Å². The van der Waals surface area contributed by atoms with Gasteiger partial charge < -0.3 is 20.4 Å². The molecule has 0 aromatic carbocycles. The summed E-state index contributed by atoms with van der Waals surface area (Å²) in [6, 6.07) is -0.784. The highest BCUT2D eigenvalue weighted by Gasteiger charge is 2.59. The summed E-state index contributed by atoms with van der Waals surface area (Å²) in [7, 11) is 0. The molecule has 0 amide bonds. The van der Waals surface area contributed by atoms with Gasteiger partial charge in [0.1, 0.15) is 5.60 Å². The molecule has 2 heterocycles. The largest absolute Gasteiger partial charge is 0.396 e. The van der Waals surface area contributed by atoms with E-state index in [2.05, 4.69) is 0 Å². The van der Waals surface area contributed by atoms with Gasteiger partial charge in [-0.25, -0.2) is 0 Å². The van der Waals surface area contributed by atoms with Crippen molar-refractivity contribution in [2.45, 2.75) is 68.4 Å². The summed E-state index contributed by atoms with van der Waals surface area (Å²) in [5.74, 6) is 0. The van der Waals surface area contributed by atoms with Gasteiger partial charge in [-0.05, 0) is 33.1 Å². The van der Waals surface area contributed by atoms with E-state index in [1.54, 1.807) is 6.92 Å². The summed E-state index contributed by atoms with van der Waals surface area (Å²) < 4.78 is 0. The number of rotatable bonds is 5. The number of aliphatic hydroxyl groups is 4. The number of fused-ring (bicyclic) bond motifs is 1. The number of aliphatic hydroxyl groups excluding tert-OH is 3. The van der Waals surface area contributed by atoms with Gasteiger partial charge in [0, 0.05) is 19.2 Å². The number of halogens is 1. The first kappa shape index (κ1) is 18.9. The first-order valence-corrected chi connectivity index (χ1v) is 8.65. The number of nitrogens with zero attached hydrogens (tertiary/aromatic N) is 1. The van der Waals surface area contributed by atoms with Crippen LogP contribution in [0.3, 0.4) is 0 Å². The highest BCUT2D eigenvalue weighted by atomic mass is 35.5. The van der Waals surface area contributed by atoms with Gasteiger partial charge in [0.2, 0.25) is 0 Å². The third kappa shape index (κ3) is 3.81. The molecule has 6 unspecified atom stereocenters. The smallest absolute Gasteiger partial charge is 0.107 e. The van der Waals surface area contributed by atoms with Gasteiger partial charge in [0.05, 0.1) is 23.6 Å². The van der Waals surface area contributed by atoms with E-state index in [-0.39, 0.29) is 12.6 Å². The predicted octanol–water partition coefficient (Wildman–Crippen LogP) is 0.798. The Kier molecular flexibility index (Phi) is 6.28. The van der Waals surface area contributed by atoms with Crippen molar-refractivity contribution in [3.8, 4) is 0 Å². The zero-order valence-corrected chi connectivity index (χ0v) is 14.5. The lowest BCUT2D eigenvalue weighted by Crippen LogP contribution is -2.59. The molecule has 23 heavy (non-hydrogen) atoms. The fourth-order valence-corrected chi connectivity index (χ4v) is 4.04. The van der Waals surface area contributed by atoms with E-state index in [0.29, 0.717) is 25.8 Å². The molecule has 2 aliphatic heterocycles. The number of hydrogen-bond donors (Lipinski definition) is 4. The molecule has 2 fully saturated rings. The van der Waals surface area contributed by atoms with Gasteiger partial charge in [0.25, 0.3) is 0 Å². The van der Waals surface area contributed by atoms with E-state index in [4.69, 9.17) is 16.7 Å². The Morgan fingerprint density at radius 2 is 2.09 bits per heavy atom. The summed E-state index contributed by atoms with van der Waals surface area (Å²) in [5, 5.41) is 40.0. The molecule has 4 N–H and O–H groups in total. The Bertz CT molecular complexity index is 466. The minimum atomic E-state index is -1.38. The molecule has 0 bridgehead atoms. The Hall–Kier alpha value is -0.430. The lowest BCUT2D eigenvalue weighted by molar-refractivity contribution is -0.0912. The molecule has 132 valence electrons. The van der Waals surface area contributed by atoms with Crippen LogP contribution >= 0.6 is 11.6 Å². The van der Waals surface area contributed by atoms with Crippen molar-refractivity contribution in [1.29, 1.82) is 0 Å². The Morgan fingerprint density at radius 3 is 2.74 bits per heavy atom. The molecule has 6 heteroatoms. The second-order valence-corrected chi connectivity index (χ2v) is 7.43. The summed E-state index contributed by atoms with van der Waals surface area (Å²) in [4.78, 5) is 2.00. The molecule has 5 nitrogen and oxygen atoms in total. The van der Waals surface area contributed by atoms with E-state index in [9.17, 15) is 15.3 Å². The van der Waals surface area contributed by atoms with Crippen molar-refractivity contribution >= 4 is 11.6 Å². The number of alkyl halides is 1. The second kappa shape index (κ2) is 7.64. The van der Waals surface area contributed by atoms with Crippen LogP contribution < -0.4 is 0 Å². The number of hydrogen-bond acceptors (Lipinski definition) is 5. The van der Waals surface area contributed by atoms with Crippen molar-refractivity contribution < 1.29 is 20.4 Å². The molecule has 0 aliphatic carbocycles. The molecule has 2 aliphatic rings. The minimum Gasteiger partial charge on any atom is -0.396 e. The van der Waals surface area contributed by atoms with Gasteiger partial charge in [0.15, 0.2) is 0 Å². The van der Waals surface area contributed by atoms with Crippen molar-refractivity contribution in [3.05, 3.63) is 23.8 Å². The molecule has 0 saturated carbocycles. The molecule has 0 aromatic rings. The average Bonchev–Trinajstić information content (AvgIpc) is 2.68. The molecule has 0 aromatic heterocycles. The molecule has 6 atom stereocenters. The Morgan fingerprint density at radius 1 is 1.39 bits per heavy atom. The summed E-state index contributed by atoms with van der Waals surface area (Å²) >= 11 is 6.15. The summed E-state index contributed by atoms with van der Waals surface area (Å²) in [6.07, 6.45) is 5.80. The van der Waals surface area contributed by atoms with E-state index < -0.39 is 29.2 Å². The van der Waals surface area contributed by atoms with Crippen LogP contribution in [0.1, 0.15) is 33.1 Å². The average molecular weight is 346 g/mol. The standard InChI is InChI=1S/C17H28ClNO4/c1-11(6-4-3-5-9-20)10-13-16(22)17(2,23)15-14(21)12(18)7-8-19(13)15/h3-4,6,12-16,20-23H,5,7-10H2,1-2H3. The highest BCUT2D eigenvalue weighted by molar-refractivity contribution is 6.21. The molecule has 2 saturated heterocycles. The van der Waals surface area contributed by atoms with Crippen LogP contribution in [-0.4, -0.2) is 73.7 Å². The van der Waals surface area contributed by atoms with Crippen LogP contribution in [0, 0.1) is 0 Å². The van der Waals surface area contributed by atoms with Crippen molar-refractivity contribution in [2.24, 2.45) is 0 Å². The zero-order chi connectivity index (χ0) is 17.2. The van der Waals surface area contributed by atoms with Crippen molar-refractivity contribution in [3.63, 3.8) is 0 Å². The molecule has 0 spiro atoms. The lowest BCUT2D eigenvalue weighted by atomic mass is 9.86. The van der Waals surface area contributed by atoms with E-state index >= 15 is 0 Å². The monoisotopic (exact) mass is 345 g/mol. The molecular weight excluding hydrogens is 318 g/mol. The van der Waals surface area contributed by atoms with E-state index in [1.807, 2.05) is 30.1 Å². The second-order valence-electron chi connectivity index (χ2n) is 6.87. The van der Waals surface area contributed by atoms with Crippen LogP contribution in [0.5, 0.6) is 0 Å². The van der Waals surface area contributed by atoms with Crippen molar-refractivity contribution in [2.75, 3.05) is 13.2 Å². The fourth-order valence-electron chi connectivity index (χ4n) is 3.81. The lowest BCUT2D eigenvalue weighted by Gasteiger charge is -2.42. The molecular formula is C17H28ClNO4. The summed E-state index contributed by atoms with van der Waals surface area (Å²) in [6.45, 7) is 4.33. The van der Waals surface area contributed by atoms with Crippen LogP contribution in [0.15, 0.2) is 23.8 Å². The topological polar surface area (TPSA) is 84.2 Å². The number of allylic oxidation sites excluding steroid dienone is 2. The summed E-state index contributed by atoms with van der Waals surface area (Å²) in [5.41, 5.74) is -0.313. The SMILES string of the molecule is CC(=CC=CCCO)CC1C(O)C(C)(O)C2C(O)C(Cl)CCN12. The van der Waals surface area contributed by atoms with E-state index in [0.717, 1.165) is 5.57 Å². The van der Waals surface area contributed by atoms with Gasteiger partial charge >= 0.3 is 0 Å². The third-order valence-electron chi connectivity index (χ3n) is 5.05. The Balaban J connectivity index is 2.13. The van der Waals surface area contributed by atoms with Gasteiger partial charge in [-0.15, -0.1) is 11.6 Å². The predicted molar refractivity (Wildman–Crippen MR) is 90.4 cm³/mol. The van der Waals surface area contributed by atoms with Crippen LogP contribution in [0.4, 0.5) is 0 Å². The normalized spacial score (nSPS) is 42.4. The molecule has 2 rings (SSSR count). The van der Waals surface area contributed by atoms with E-state index in [1.165, 1.54) is 0 Å². The van der Waals surface area contributed by atoms with Crippen molar-refractivity contribution in [1.82, 2.24) is 4.90 Å². The Labute approximate surface area is 142 Å². The zero-order valence-electron chi connectivity index (χ0n) is 13.8. The van der Waals surface area contributed by atoms with Gasteiger partial charge in [-0.1, -0.05) is 23.8 Å². The van der Waals surface area contributed by atoms with Gasteiger partial charge in [-0.3, -0.25) is 4.90 Å². The first-order valence-electron chi connectivity index (χ1n) is 8.22. The quantitative estimate of drug-likeness (QED) is 0.437. The fraction of sp³-hybridized carbons (Fsp3) is 0.765. The third-order valence-corrected chi connectivity index (χ3v) is 5.52. The maximum atomic E-state index is 10.7. The molecule has 0 radical (unpaired) electrons. The number of piperidine rings is 1. The van der Waals surface area contributed by atoms with Crippen LogP contribution in [-0.2, 0) is 0 Å². The highest BCUT2D eigenvalue weighted by Crippen LogP contribution is 2.42. The first-order chi connectivity index (χ1) is 10.8. The maximum Gasteiger partial charge on any atom is 0.107 e. The minimum absolute atomic E-state index is 0.126.